The van der Waals surface area contributed by atoms with E-state index in [-0.39, 0.29) is 17.5 Å². The van der Waals surface area contributed by atoms with Crippen molar-refractivity contribution >= 4 is 15.7 Å². The van der Waals surface area contributed by atoms with Gasteiger partial charge in [-0.05, 0) is 49.9 Å². The van der Waals surface area contributed by atoms with E-state index in [0.29, 0.717) is 12.2 Å². The topological polar surface area (TPSA) is 78.0 Å². The molecule has 4 rings (SSSR count). The van der Waals surface area contributed by atoms with E-state index in [4.69, 9.17) is 5.73 Å². The van der Waals surface area contributed by atoms with E-state index in [1.807, 2.05) is 6.07 Å². The summed E-state index contributed by atoms with van der Waals surface area (Å²) in [5.74, 6) is 3.66. The molecule has 3 aliphatic rings. The summed E-state index contributed by atoms with van der Waals surface area (Å²) in [6.45, 7) is 0. The molecule has 1 aromatic rings. The van der Waals surface area contributed by atoms with E-state index in [1.54, 1.807) is 4.68 Å². The summed E-state index contributed by atoms with van der Waals surface area (Å²) in [5, 5.41) is 4.63. The Balaban J connectivity index is 1.49. The Morgan fingerprint density at radius 2 is 2.14 bits per heavy atom. The smallest absolute Gasteiger partial charge is 0.152 e. The molecule has 6 heteroatoms. The van der Waals surface area contributed by atoms with Crippen LogP contribution >= 0.6 is 0 Å². The third-order valence-electron chi connectivity index (χ3n) is 5.73. The molecule has 1 saturated heterocycles. The number of nitrogens with zero attached hydrogens (tertiary/aromatic N) is 2. The molecule has 3 fully saturated rings. The molecule has 5 nitrogen and oxygen atoms in total. The maximum atomic E-state index is 11.6. The number of aromatic nitrogens is 2. The maximum absolute atomic E-state index is 11.6. The lowest BCUT2D eigenvalue weighted by molar-refractivity contribution is 0.327. The van der Waals surface area contributed by atoms with E-state index in [2.05, 4.69) is 5.10 Å². The van der Waals surface area contributed by atoms with Crippen LogP contribution in [-0.4, -0.2) is 29.7 Å². The SMILES string of the molecule is Nc1cc(CC2CC3CCC2C3)nn1C1CCS(=O)(=O)C1. The fraction of sp³-hybridized carbons (Fsp3) is 0.800. The second-order valence-electron chi connectivity index (χ2n) is 7.20. The van der Waals surface area contributed by atoms with Crippen molar-refractivity contribution in [3.63, 3.8) is 0 Å². The molecule has 116 valence electrons. The molecule has 2 bridgehead atoms. The van der Waals surface area contributed by atoms with Crippen molar-refractivity contribution in [1.82, 2.24) is 9.78 Å². The van der Waals surface area contributed by atoms with Gasteiger partial charge in [-0.15, -0.1) is 0 Å². The van der Waals surface area contributed by atoms with Crippen molar-refractivity contribution in [3.8, 4) is 0 Å². The summed E-state index contributed by atoms with van der Waals surface area (Å²) in [4.78, 5) is 0. The molecular formula is C15H23N3O2S. The summed E-state index contributed by atoms with van der Waals surface area (Å²) in [6.07, 6.45) is 7.20. The van der Waals surface area contributed by atoms with E-state index in [0.717, 1.165) is 29.9 Å². The van der Waals surface area contributed by atoms with E-state index in [1.165, 1.54) is 25.7 Å². The van der Waals surface area contributed by atoms with Gasteiger partial charge in [0.05, 0.1) is 23.2 Å². The predicted molar refractivity (Wildman–Crippen MR) is 81.6 cm³/mol. The lowest BCUT2D eigenvalue weighted by Gasteiger charge is -2.20. The first-order valence-corrected chi connectivity index (χ1v) is 9.86. The number of sulfone groups is 1. The summed E-state index contributed by atoms with van der Waals surface area (Å²) in [5.41, 5.74) is 7.12. The van der Waals surface area contributed by atoms with Crippen molar-refractivity contribution < 1.29 is 8.42 Å². The molecule has 2 aliphatic carbocycles. The minimum Gasteiger partial charge on any atom is -0.384 e. The lowest BCUT2D eigenvalue weighted by atomic mass is 9.85. The third-order valence-corrected chi connectivity index (χ3v) is 7.48. The Morgan fingerprint density at radius 1 is 1.29 bits per heavy atom. The molecule has 21 heavy (non-hydrogen) atoms. The fourth-order valence-corrected chi connectivity index (χ4v) is 6.41. The lowest BCUT2D eigenvalue weighted by Crippen LogP contribution is -2.16. The van der Waals surface area contributed by atoms with Crippen LogP contribution in [0.25, 0.3) is 0 Å². The van der Waals surface area contributed by atoms with E-state index < -0.39 is 9.84 Å². The maximum Gasteiger partial charge on any atom is 0.152 e. The third kappa shape index (κ3) is 2.47. The highest BCUT2D eigenvalue weighted by molar-refractivity contribution is 7.91. The summed E-state index contributed by atoms with van der Waals surface area (Å²) >= 11 is 0. The Hall–Kier alpha value is -1.04. The molecule has 1 aromatic heterocycles. The summed E-state index contributed by atoms with van der Waals surface area (Å²) in [7, 11) is -2.90. The number of nitrogens with two attached hydrogens (primary N) is 1. The van der Waals surface area contributed by atoms with Crippen molar-refractivity contribution in [3.05, 3.63) is 11.8 Å². The largest absolute Gasteiger partial charge is 0.384 e. The number of rotatable bonds is 3. The van der Waals surface area contributed by atoms with Crippen LogP contribution in [0.5, 0.6) is 0 Å². The highest BCUT2D eigenvalue weighted by Gasteiger charge is 2.39. The molecule has 0 radical (unpaired) electrons. The first kappa shape index (κ1) is 13.6. The minimum absolute atomic E-state index is 0.0659. The predicted octanol–water partition coefficient (Wildman–Crippen LogP) is 1.80. The second-order valence-corrected chi connectivity index (χ2v) is 9.43. The summed E-state index contributed by atoms with van der Waals surface area (Å²) in [6, 6.07) is 1.89. The Bertz CT molecular complexity index is 652. The van der Waals surface area contributed by atoms with Crippen molar-refractivity contribution in [2.45, 2.75) is 44.6 Å². The average molecular weight is 309 g/mol. The van der Waals surface area contributed by atoms with Gasteiger partial charge in [-0.3, -0.25) is 0 Å². The van der Waals surface area contributed by atoms with Crippen LogP contribution in [0.4, 0.5) is 5.82 Å². The normalized spacial score (nSPS) is 37.3. The van der Waals surface area contributed by atoms with Gasteiger partial charge in [-0.1, -0.05) is 6.42 Å². The number of anilines is 1. The quantitative estimate of drug-likeness (QED) is 0.923. The second kappa shape index (κ2) is 4.73. The highest BCUT2D eigenvalue weighted by Crippen LogP contribution is 2.49. The first-order valence-electron chi connectivity index (χ1n) is 8.04. The molecule has 2 N–H and O–H groups in total. The zero-order valence-electron chi connectivity index (χ0n) is 12.2. The van der Waals surface area contributed by atoms with Crippen LogP contribution < -0.4 is 5.73 Å². The van der Waals surface area contributed by atoms with Gasteiger partial charge in [0.1, 0.15) is 5.82 Å². The standard InChI is InChI=1S/C15H23N3O2S/c16-15-8-13(7-12-6-10-1-2-11(12)5-10)17-18(15)14-3-4-21(19,20)9-14/h8,10-12,14H,1-7,9,16H2. The number of hydrogen-bond acceptors (Lipinski definition) is 4. The summed E-state index contributed by atoms with van der Waals surface area (Å²) < 4.78 is 25.0. The minimum atomic E-state index is -2.90. The molecule has 0 amide bonds. The van der Waals surface area contributed by atoms with E-state index in [9.17, 15) is 8.42 Å². The molecule has 1 aliphatic heterocycles. The molecule has 2 saturated carbocycles. The van der Waals surface area contributed by atoms with Crippen LogP contribution in [0.1, 0.15) is 43.8 Å². The van der Waals surface area contributed by atoms with Gasteiger partial charge < -0.3 is 5.73 Å². The van der Waals surface area contributed by atoms with Gasteiger partial charge in [0.15, 0.2) is 9.84 Å². The Kier molecular flexibility index (Phi) is 3.07. The monoisotopic (exact) mass is 309 g/mol. The van der Waals surface area contributed by atoms with Gasteiger partial charge in [0.25, 0.3) is 0 Å². The van der Waals surface area contributed by atoms with Crippen molar-refractivity contribution in [2.75, 3.05) is 17.2 Å². The molecular weight excluding hydrogens is 286 g/mol. The highest BCUT2D eigenvalue weighted by atomic mass is 32.2. The molecule has 4 unspecified atom stereocenters. The van der Waals surface area contributed by atoms with Gasteiger partial charge in [0, 0.05) is 6.07 Å². The Labute approximate surface area is 125 Å². The number of fused-ring (bicyclic) bond motifs is 2. The van der Waals surface area contributed by atoms with Gasteiger partial charge >= 0.3 is 0 Å². The van der Waals surface area contributed by atoms with Crippen molar-refractivity contribution in [2.24, 2.45) is 17.8 Å². The zero-order valence-corrected chi connectivity index (χ0v) is 13.1. The van der Waals surface area contributed by atoms with Gasteiger partial charge in [-0.2, -0.15) is 5.10 Å². The Morgan fingerprint density at radius 3 is 2.76 bits per heavy atom. The average Bonchev–Trinajstić information content (AvgIpc) is 3.14. The van der Waals surface area contributed by atoms with Crippen LogP contribution in [0, 0.1) is 17.8 Å². The number of hydrogen-bond donors (Lipinski definition) is 1. The van der Waals surface area contributed by atoms with E-state index >= 15 is 0 Å². The zero-order chi connectivity index (χ0) is 14.6. The molecule has 0 spiro atoms. The molecule has 2 heterocycles. The van der Waals surface area contributed by atoms with Crippen LogP contribution in [-0.2, 0) is 16.3 Å². The fourth-order valence-electron chi connectivity index (χ4n) is 4.72. The molecule has 4 atom stereocenters. The molecule has 0 aromatic carbocycles. The van der Waals surface area contributed by atoms with Crippen LogP contribution in [0.15, 0.2) is 6.07 Å². The van der Waals surface area contributed by atoms with Gasteiger partial charge in [-0.25, -0.2) is 13.1 Å². The van der Waals surface area contributed by atoms with Crippen molar-refractivity contribution in [1.29, 1.82) is 0 Å². The first-order chi connectivity index (χ1) is 10.00. The van der Waals surface area contributed by atoms with Crippen LogP contribution in [0.2, 0.25) is 0 Å². The van der Waals surface area contributed by atoms with Gasteiger partial charge in [0.2, 0.25) is 0 Å². The van der Waals surface area contributed by atoms with Crippen LogP contribution in [0.3, 0.4) is 0 Å². The number of nitrogen functional groups attached to an aromatic ring is 1.